The quantitative estimate of drug-likeness (QED) is 0.774. The molecule has 0 spiro atoms. The Morgan fingerprint density at radius 1 is 1.24 bits per heavy atom. The fourth-order valence-electron chi connectivity index (χ4n) is 2.58. The third-order valence-electron chi connectivity index (χ3n) is 3.75. The molecule has 5 heteroatoms. The van der Waals surface area contributed by atoms with Gasteiger partial charge in [0.2, 0.25) is 0 Å². The summed E-state index contributed by atoms with van der Waals surface area (Å²) in [6.07, 6.45) is 0.721. The Labute approximate surface area is 125 Å². The lowest BCUT2D eigenvalue weighted by molar-refractivity contribution is 0.192. The van der Waals surface area contributed by atoms with Gasteiger partial charge in [-0.15, -0.1) is 0 Å². The average molecular weight is 291 g/mol. The van der Waals surface area contributed by atoms with Crippen molar-refractivity contribution in [2.45, 2.75) is 33.4 Å². The largest absolute Gasteiger partial charge is 0.396 e. The molecule has 0 aliphatic heterocycles. The van der Waals surface area contributed by atoms with Gasteiger partial charge in [-0.25, -0.2) is 4.98 Å². The van der Waals surface area contributed by atoms with Crippen LogP contribution in [0.25, 0.3) is 11.0 Å². The first kappa shape index (κ1) is 15.9. The summed E-state index contributed by atoms with van der Waals surface area (Å²) < 4.78 is 2.19. The van der Waals surface area contributed by atoms with E-state index in [0.717, 1.165) is 42.9 Å². The van der Waals surface area contributed by atoms with Gasteiger partial charge in [-0.2, -0.15) is 0 Å². The van der Waals surface area contributed by atoms with Crippen molar-refractivity contribution < 1.29 is 10.2 Å². The minimum absolute atomic E-state index is 0.157. The van der Waals surface area contributed by atoms with Gasteiger partial charge in [0.1, 0.15) is 5.82 Å². The zero-order valence-electron chi connectivity index (χ0n) is 12.9. The molecule has 21 heavy (non-hydrogen) atoms. The molecule has 0 aliphatic carbocycles. The molecule has 5 nitrogen and oxygen atoms in total. The molecule has 2 rings (SSSR count). The standard InChI is InChI=1S/C16H25N3O2/c1-3-18(8-10-21)12-16-17-14-11-13(2)5-6-15(14)19(16)7-4-9-20/h5-6,11,20-21H,3-4,7-10,12H2,1-2H3. The van der Waals surface area contributed by atoms with Crippen LogP contribution < -0.4 is 0 Å². The molecule has 1 heterocycles. The molecule has 0 radical (unpaired) electrons. The van der Waals surface area contributed by atoms with Crippen molar-refractivity contribution in [2.75, 3.05) is 26.3 Å². The van der Waals surface area contributed by atoms with Gasteiger partial charge in [-0.1, -0.05) is 13.0 Å². The van der Waals surface area contributed by atoms with Gasteiger partial charge in [0.25, 0.3) is 0 Å². The number of fused-ring (bicyclic) bond motifs is 1. The fourth-order valence-corrected chi connectivity index (χ4v) is 2.58. The smallest absolute Gasteiger partial charge is 0.124 e. The molecule has 0 unspecified atom stereocenters. The Balaban J connectivity index is 2.35. The highest BCUT2D eigenvalue weighted by molar-refractivity contribution is 5.76. The van der Waals surface area contributed by atoms with Crippen LogP contribution in [-0.4, -0.2) is 51.0 Å². The van der Waals surface area contributed by atoms with Gasteiger partial charge < -0.3 is 14.8 Å². The Morgan fingerprint density at radius 3 is 2.71 bits per heavy atom. The van der Waals surface area contributed by atoms with Crippen molar-refractivity contribution in [2.24, 2.45) is 0 Å². The minimum Gasteiger partial charge on any atom is -0.396 e. The lowest BCUT2D eigenvalue weighted by Gasteiger charge is -2.19. The van der Waals surface area contributed by atoms with Crippen LogP contribution in [0, 0.1) is 6.92 Å². The van der Waals surface area contributed by atoms with Gasteiger partial charge in [0, 0.05) is 19.7 Å². The summed E-state index contributed by atoms with van der Waals surface area (Å²) in [7, 11) is 0. The first-order valence-electron chi connectivity index (χ1n) is 7.59. The Kier molecular flexibility index (Phi) is 5.73. The van der Waals surface area contributed by atoms with Crippen molar-refractivity contribution >= 4 is 11.0 Å². The number of hydrogen-bond donors (Lipinski definition) is 2. The first-order chi connectivity index (χ1) is 10.2. The summed E-state index contributed by atoms with van der Waals surface area (Å²) in [5, 5.41) is 18.2. The number of nitrogens with zero attached hydrogens (tertiary/aromatic N) is 3. The number of aromatic nitrogens is 2. The Bertz CT molecular complexity index is 580. The van der Waals surface area contributed by atoms with E-state index in [1.807, 2.05) is 0 Å². The van der Waals surface area contributed by atoms with E-state index in [-0.39, 0.29) is 13.2 Å². The molecular weight excluding hydrogens is 266 g/mol. The van der Waals surface area contributed by atoms with E-state index in [0.29, 0.717) is 6.54 Å². The van der Waals surface area contributed by atoms with Crippen molar-refractivity contribution in [1.82, 2.24) is 14.5 Å². The molecular formula is C16H25N3O2. The highest BCUT2D eigenvalue weighted by atomic mass is 16.3. The fraction of sp³-hybridized carbons (Fsp3) is 0.562. The summed E-state index contributed by atoms with van der Waals surface area (Å²) in [5.41, 5.74) is 3.32. The van der Waals surface area contributed by atoms with Crippen LogP contribution in [0.1, 0.15) is 24.7 Å². The van der Waals surface area contributed by atoms with Crippen LogP contribution in [0.5, 0.6) is 0 Å². The third-order valence-corrected chi connectivity index (χ3v) is 3.75. The maximum absolute atomic E-state index is 9.13. The Morgan fingerprint density at radius 2 is 2.05 bits per heavy atom. The second-order valence-electron chi connectivity index (χ2n) is 5.34. The van der Waals surface area contributed by atoms with Gasteiger partial charge >= 0.3 is 0 Å². The second-order valence-corrected chi connectivity index (χ2v) is 5.34. The molecule has 0 bridgehead atoms. The molecule has 2 aromatic rings. The molecule has 0 aliphatic rings. The number of aryl methyl sites for hydroxylation is 2. The van der Waals surface area contributed by atoms with E-state index < -0.39 is 0 Å². The van der Waals surface area contributed by atoms with Crippen LogP contribution in [-0.2, 0) is 13.1 Å². The highest BCUT2D eigenvalue weighted by Gasteiger charge is 2.13. The number of benzene rings is 1. The molecule has 1 aromatic carbocycles. The summed E-state index contributed by atoms with van der Waals surface area (Å²) in [4.78, 5) is 6.92. The zero-order valence-corrected chi connectivity index (χ0v) is 12.9. The van der Waals surface area contributed by atoms with Gasteiger partial charge in [0.15, 0.2) is 0 Å². The lowest BCUT2D eigenvalue weighted by atomic mass is 10.2. The van der Waals surface area contributed by atoms with Crippen LogP contribution in [0.4, 0.5) is 0 Å². The van der Waals surface area contributed by atoms with E-state index in [9.17, 15) is 0 Å². The van der Waals surface area contributed by atoms with E-state index in [1.165, 1.54) is 5.56 Å². The van der Waals surface area contributed by atoms with E-state index in [4.69, 9.17) is 15.2 Å². The van der Waals surface area contributed by atoms with Gasteiger partial charge in [0.05, 0.1) is 24.2 Å². The van der Waals surface area contributed by atoms with Crippen molar-refractivity contribution in [3.05, 3.63) is 29.6 Å². The topological polar surface area (TPSA) is 61.5 Å². The second kappa shape index (κ2) is 7.54. The summed E-state index contributed by atoms with van der Waals surface area (Å²) in [6, 6.07) is 6.28. The molecule has 0 atom stereocenters. The SMILES string of the molecule is CCN(CCO)Cc1nc2cc(C)ccc2n1CCCO. The van der Waals surface area contributed by atoms with Crippen LogP contribution in [0.15, 0.2) is 18.2 Å². The molecule has 0 saturated heterocycles. The summed E-state index contributed by atoms with van der Waals surface area (Å²) in [5.74, 6) is 0.999. The van der Waals surface area contributed by atoms with Crippen LogP contribution in [0.2, 0.25) is 0 Å². The predicted octanol–water partition coefficient (Wildman–Crippen LogP) is 1.54. The zero-order chi connectivity index (χ0) is 15.2. The molecule has 0 amide bonds. The number of likely N-dealkylation sites (N-methyl/N-ethyl adjacent to an activating group) is 1. The van der Waals surface area contributed by atoms with Gasteiger partial charge in [-0.05, 0) is 37.6 Å². The van der Waals surface area contributed by atoms with Crippen molar-refractivity contribution in [3.63, 3.8) is 0 Å². The highest BCUT2D eigenvalue weighted by Crippen LogP contribution is 2.19. The number of rotatable bonds is 8. The van der Waals surface area contributed by atoms with Crippen LogP contribution >= 0.6 is 0 Å². The maximum atomic E-state index is 9.13. The number of aliphatic hydroxyl groups is 2. The van der Waals surface area contributed by atoms with Crippen molar-refractivity contribution in [3.8, 4) is 0 Å². The number of aliphatic hydroxyl groups excluding tert-OH is 2. The Hall–Kier alpha value is -1.43. The van der Waals surface area contributed by atoms with Crippen molar-refractivity contribution in [1.29, 1.82) is 0 Å². The van der Waals surface area contributed by atoms with Gasteiger partial charge in [-0.3, -0.25) is 4.90 Å². The molecule has 0 fully saturated rings. The normalized spacial score (nSPS) is 11.7. The number of hydrogen-bond acceptors (Lipinski definition) is 4. The minimum atomic E-state index is 0.157. The monoisotopic (exact) mass is 291 g/mol. The third kappa shape index (κ3) is 3.81. The van der Waals surface area contributed by atoms with E-state index in [2.05, 4.69) is 41.5 Å². The molecule has 2 N–H and O–H groups in total. The number of imidazole rings is 1. The van der Waals surface area contributed by atoms with Crippen LogP contribution in [0.3, 0.4) is 0 Å². The van der Waals surface area contributed by atoms with E-state index >= 15 is 0 Å². The lowest BCUT2D eigenvalue weighted by Crippen LogP contribution is -2.27. The predicted molar refractivity (Wildman–Crippen MR) is 84.2 cm³/mol. The molecule has 116 valence electrons. The first-order valence-corrected chi connectivity index (χ1v) is 7.59. The van der Waals surface area contributed by atoms with E-state index in [1.54, 1.807) is 0 Å². The maximum Gasteiger partial charge on any atom is 0.124 e. The summed E-state index contributed by atoms with van der Waals surface area (Å²) in [6.45, 7) is 7.50. The molecule has 1 aromatic heterocycles. The molecule has 0 saturated carbocycles. The average Bonchev–Trinajstić information content (AvgIpc) is 2.80. The summed E-state index contributed by atoms with van der Waals surface area (Å²) >= 11 is 0.